The van der Waals surface area contributed by atoms with Crippen molar-refractivity contribution < 1.29 is 19.1 Å². The zero-order chi connectivity index (χ0) is 17.6. The molecular formula is C16H18N4O4S. The fraction of sp³-hybridized carbons (Fsp3) is 0.375. The SMILES string of the molecule is CCOC(=O)c1cn[nH]c1NC(=O)c1cccnc1OC1CCSC1. The van der Waals surface area contributed by atoms with Gasteiger partial charge in [-0.15, -0.1) is 0 Å². The van der Waals surface area contributed by atoms with Gasteiger partial charge in [-0.2, -0.15) is 16.9 Å². The van der Waals surface area contributed by atoms with E-state index in [0.29, 0.717) is 5.56 Å². The summed E-state index contributed by atoms with van der Waals surface area (Å²) in [5.41, 5.74) is 0.456. The molecule has 1 aliphatic heterocycles. The minimum atomic E-state index is -0.558. The Hall–Kier alpha value is -2.55. The van der Waals surface area contributed by atoms with E-state index < -0.39 is 11.9 Å². The Kier molecular flexibility index (Phi) is 5.54. The number of aromatic nitrogens is 3. The Labute approximate surface area is 148 Å². The number of hydrogen-bond acceptors (Lipinski definition) is 7. The van der Waals surface area contributed by atoms with E-state index in [1.54, 1.807) is 25.3 Å². The number of carbonyl (C=O) groups is 2. The zero-order valence-corrected chi connectivity index (χ0v) is 14.5. The number of aromatic amines is 1. The lowest BCUT2D eigenvalue weighted by molar-refractivity contribution is 0.0527. The second-order valence-corrected chi connectivity index (χ2v) is 6.44. The van der Waals surface area contributed by atoms with Crippen molar-refractivity contribution in [3.63, 3.8) is 0 Å². The zero-order valence-electron chi connectivity index (χ0n) is 13.7. The molecule has 0 radical (unpaired) electrons. The van der Waals surface area contributed by atoms with E-state index in [1.807, 2.05) is 11.8 Å². The highest BCUT2D eigenvalue weighted by molar-refractivity contribution is 7.99. The molecule has 9 heteroatoms. The van der Waals surface area contributed by atoms with Crippen LogP contribution in [0.15, 0.2) is 24.5 Å². The van der Waals surface area contributed by atoms with Crippen LogP contribution in [-0.2, 0) is 4.74 Å². The summed E-state index contributed by atoms with van der Waals surface area (Å²) < 4.78 is 10.8. The first-order valence-corrected chi connectivity index (χ1v) is 9.05. The summed E-state index contributed by atoms with van der Waals surface area (Å²) in [6.45, 7) is 1.94. The number of thioether (sulfide) groups is 1. The molecule has 0 spiro atoms. The quantitative estimate of drug-likeness (QED) is 0.758. The molecule has 1 saturated heterocycles. The van der Waals surface area contributed by atoms with Crippen molar-refractivity contribution in [2.24, 2.45) is 0 Å². The lowest BCUT2D eigenvalue weighted by atomic mass is 10.2. The van der Waals surface area contributed by atoms with Crippen LogP contribution in [0.2, 0.25) is 0 Å². The van der Waals surface area contributed by atoms with Gasteiger partial charge in [-0.1, -0.05) is 0 Å². The molecule has 2 N–H and O–H groups in total. The van der Waals surface area contributed by atoms with Gasteiger partial charge in [0.25, 0.3) is 5.91 Å². The molecule has 1 fully saturated rings. The Balaban J connectivity index is 1.76. The van der Waals surface area contributed by atoms with E-state index >= 15 is 0 Å². The van der Waals surface area contributed by atoms with Crippen molar-refractivity contribution in [2.45, 2.75) is 19.4 Å². The summed E-state index contributed by atoms with van der Waals surface area (Å²) in [5.74, 6) is 1.38. The van der Waals surface area contributed by atoms with Gasteiger partial charge in [-0.05, 0) is 31.2 Å². The average molecular weight is 362 g/mol. The molecule has 1 atom stereocenters. The van der Waals surface area contributed by atoms with Gasteiger partial charge in [0.05, 0.1) is 12.8 Å². The van der Waals surface area contributed by atoms with Gasteiger partial charge in [0.1, 0.15) is 23.0 Å². The number of pyridine rings is 1. The number of nitrogens with zero attached hydrogens (tertiary/aromatic N) is 2. The molecule has 1 aliphatic rings. The molecule has 1 amide bonds. The molecule has 2 aromatic rings. The largest absolute Gasteiger partial charge is 0.473 e. The first kappa shape index (κ1) is 17.3. The van der Waals surface area contributed by atoms with Crippen molar-refractivity contribution in [1.82, 2.24) is 15.2 Å². The molecule has 0 aliphatic carbocycles. The summed E-state index contributed by atoms with van der Waals surface area (Å²) in [5, 5.41) is 9.01. The van der Waals surface area contributed by atoms with Crippen molar-refractivity contribution >= 4 is 29.5 Å². The maximum atomic E-state index is 12.6. The van der Waals surface area contributed by atoms with Crippen LogP contribution in [0.25, 0.3) is 0 Å². The molecule has 3 rings (SSSR count). The molecule has 0 aromatic carbocycles. The third-order valence-corrected chi connectivity index (χ3v) is 4.69. The molecule has 1 unspecified atom stereocenters. The summed E-state index contributed by atoms with van der Waals surface area (Å²) in [6.07, 6.45) is 3.86. The number of anilines is 1. The number of carbonyl (C=O) groups excluding carboxylic acids is 2. The van der Waals surface area contributed by atoms with Crippen molar-refractivity contribution in [1.29, 1.82) is 0 Å². The van der Waals surface area contributed by atoms with Gasteiger partial charge in [0.15, 0.2) is 0 Å². The molecule has 0 bridgehead atoms. The van der Waals surface area contributed by atoms with E-state index in [9.17, 15) is 9.59 Å². The maximum Gasteiger partial charge on any atom is 0.343 e. The number of nitrogens with one attached hydrogen (secondary N) is 2. The van der Waals surface area contributed by atoms with Crippen LogP contribution in [0.5, 0.6) is 5.88 Å². The first-order valence-electron chi connectivity index (χ1n) is 7.90. The number of H-pyrrole nitrogens is 1. The van der Waals surface area contributed by atoms with Gasteiger partial charge in [-0.3, -0.25) is 9.89 Å². The summed E-state index contributed by atoms with van der Waals surface area (Å²) in [6, 6.07) is 3.28. The van der Waals surface area contributed by atoms with E-state index in [0.717, 1.165) is 17.9 Å². The van der Waals surface area contributed by atoms with Crippen LogP contribution >= 0.6 is 11.8 Å². The summed E-state index contributed by atoms with van der Waals surface area (Å²) in [7, 11) is 0. The molecule has 2 aromatic heterocycles. The minimum absolute atomic E-state index is 0.0497. The van der Waals surface area contributed by atoms with E-state index in [-0.39, 0.29) is 30.0 Å². The van der Waals surface area contributed by atoms with Crippen LogP contribution in [0.3, 0.4) is 0 Å². The molecule has 8 nitrogen and oxygen atoms in total. The Morgan fingerprint density at radius 3 is 3.08 bits per heavy atom. The topological polar surface area (TPSA) is 106 Å². The van der Waals surface area contributed by atoms with Gasteiger partial charge < -0.3 is 14.8 Å². The minimum Gasteiger partial charge on any atom is -0.473 e. The van der Waals surface area contributed by atoms with Crippen LogP contribution in [-0.4, -0.2) is 51.3 Å². The third kappa shape index (κ3) is 4.11. The van der Waals surface area contributed by atoms with E-state index in [1.165, 1.54) is 6.20 Å². The highest BCUT2D eigenvalue weighted by atomic mass is 32.2. The third-order valence-electron chi connectivity index (χ3n) is 3.56. The van der Waals surface area contributed by atoms with Gasteiger partial charge in [0.2, 0.25) is 5.88 Å². The molecule has 132 valence electrons. The van der Waals surface area contributed by atoms with Crippen molar-refractivity contribution in [2.75, 3.05) is 23.4 Å². The van der Waals surface area contributed by atoms with Crippen LogP contribution < -0.4 is 10.1 Å². The lowest BCUT2D eigenvalue weighted by Crippen LogP contribution is -2.21. The fourth-order valence-electron chi connectivity index (χ4n) is 2.35. The Bertz CT molecular complexity index is 758. The number of ether oxygens (including phenoxy) is 2. The Morgan fingerprint density at radius 2 is 2.32 bits per heavy atom. The predicted molar refractivity (Wildman–Crippen MR) is 93.1 cm³/mol. The van der Waals surface area contributed by atoms with Crippen LogP contribution in [0.4, 0.5) is 5.82 Å². The van der Waals surface area contributed by atoms with Gasteiger partial charge >= 0.3 is 5.97 Å². The maximum absolute atomic E-state index is 12.6. The van der Waals surface area contributed by atoms with Crippen LogP contribution in [0.1, 0.15) is 34.1 Å². The average Bonchev–Trinajstić information content (AvgIpc) is 3.27. The molecule has 25 heavy (non-hydrogen) atoms. The highest BCUT2D eigenvalue weighted by Gasteiger charge is 2.23. The second-order valence-electron chi connectivity index (χ2n) is 5.29. The van der Waals surface area contributed by atoms with Crippen molar-refractivity contribution in [3.8, 4) is 5.88 Å². The Morgan fingerprint density at radius 1 is 1.44 bits per heavy atom. The number of amides is 1. The van der Waals surface area contributed by atoms with Gasteiger partial charge in [-0.25, -0.2) is 9.78 Å². The predicted octanol–water partition coefficient (Wildman–Crippen LogP) is 2.12. The number of hydrogen-bond donors (Lipinski definition) is 2. The van der Waals surface area contributed by atoms with E-state index in [2.05, 4.69) is 20.5 Å². The molecule has 0 saturated carbocycles. The van der Waals surface area contributed by atoms with E-state index in [4.69, 9.17) is 9.47 Å². The molecular weight excluding hydrogens is 344 g/mol. The van der Waals surface area contributed by atoms with Crippen LogP contribution in [0, 0.1) is 0 Å². The molecule has 3 heterocycles. The summed E-state index contributed by atoms with van der Waals surface area (Å²) >= 11 is 1.81. The number of rotatable bonds is 6. The monoisotopic (exact) mass is 362 g/mol. The van der Waals surface area contributed by atoms with Crippen molar-refractivity contribution in [3.05, 3.63) is 35.7 Å². The normalized spacial score (nSPS) is 16.4. The number of esters is 1. The smallest absolute Gasteiger partial charge is 0.343 e. The highest BCUT2D eigenvalue weighted by Crippen LogP contribution is 2.25. The van der Waals surface area contributed by atoms with Gasteiger partial charge in [0, 0.05) is 11.9 Å². The lowest BCUT2D eigenvalue weighted by Gasteiger charge is -2.14. The standard InChI is InChI=1S/C16H18N4O4S/c1-2-23-16(22)12-8-18-20-13(12)19-14(21)11-4-3-6-17-15(11)24-10-5-7-25-9-10/h3-4,6,8,10H,2,5,7,9H2,1H3,(H2,18,19,20,21). The second kappa shape index (κ2) is 8.02. The summed E-state index contributed by atoms with van der Waals surface area (Å²) in [4.78, 5) is 28.6. The first-order chi connectivity index (χ1) is 12.2. The fourth-order valence-corrected chi connectivity index (χ4v) is 3.44.